The van der Waals surface area contributed by atoms with Crippen molar-refractivity contribution in [1.29, 1.82) is 0 Å². The Kier molecular flexibility index (Phi) is 3.23. The number of pyridine rings is 1. The van der Waals surface area contributed by atoms with Gasteiger partial charge in [-0.25, -0.2) is 9.67 Å². The maximum atomic E-state index is 5.52. The summed E-state index contributed by atoms with van der Waals surface area (Å²) in [6.45, 7) is 1.51. The summed E-state index contributed by atoms with van der Waals surface area (Å²) in [5.74, 6) is 2.07. The summed E-state index contributed by atoms with van der Waals surface area (Å²) in [5, 5.41) is 4.82. The molecule has 4 heterocycles. The van der Waals surface area contributed by atoms with Gasteiger partial charge in [0, 0.05) is 37.2 Å². The van der Waals surface area contributed by atoms with Crippen LogP contribution in [0.2, 0.25) is 0 Å². The molecule has 1 saturated heterocycles. The van der Waals surface area contributed by atoms with E-state index in [1.54, 1.807) is 12.4 Å². The summed E-state index contributed by atoms with van der Waals surface area (Å²) < 4.78 is 9.80. The van der Waals surface area contributed by atoms with Crippen LogP contribution in [0.4, 0.5) is 0 Å². The average Bonchev–Trinajstić information content (AvgIpc) is 3.08. The van der Waals surface area contributed by atoms with Gasteiger partial charge in [0.05, 0.1) is 18.0 Å². The van der Waals surface area contributed by atoms with E-state index in [0.717, 1.165) is 36.1 Å². The van der Waals surface area contributed by atoms with Crippen molar-refractivity contribution >= 4 is 0 Å². The van der Waals surface area contributed by atoms with E-state index >= 15 is 0 Å². The monoisotopic (exact) mass is 321 g/mol. The molecule has 0 radical (unpaired) electrons. The van der Waals surface area contributed by atoms with Gasteiger partial charge in [0.15, 0.2) is 11.6 Å². The SMILES string of the molecule is c1cc(-c2nc([C@@H]3CCOC3)nn2-c2ccncc2)n(C2CC2)c1. The first-order chi connectivity index (χ1) is 11.9. The molecule has 0 N–H and O–H groups in total. The fraction of sp³-hybridized carbons (Fsp3) is 0.389. The van der Waals surface area contributed by atoms with E-state index in [-0.39, 0.29) is 5.92 Å². The minimum absolute atomic E-state index is 0.288. The predicted octanol–water partition coefficient (Wildman–Crippen LogP) is 2.97. The molecule has 0 bridgehead atoms. The van der Waals surface area contributed by atoms with Crippen molar-refractivity contribution in [2.75, 3.05) is 13.2 Å². The van der Waals surface area contributed by atoms with Gasteiger partial charge in [-0.05, 0) is 43.5 Å². The first-order valence-electron chi connectivity index (χ1n) is 8.52. The number of ether oxygens (including phenoxy) is 1. The van der Waals surface area contributed by atoms with Crippen LogP contribution in [-0.4, -0.2) is 37.5 Å². The van der Waals surface area contributed by atoms with Gasteiger partial charge in [-0.2, -0.15) is 5.10 Å². The number of hydrogen-bond acceptors (Lipinski definition) is 4. The number of hydrogen-bond donors (Lipinski definition) is 0. The highest BCUT2D eigenvalue weighted by molar-refractivity contribution is 5.55. The largest absolute Gasteiger partial charge is 0.381 e. The van der Waals surface area contributed by atoms with Crippen molar-refractivity contribution in [3.8, 4) is 17.2 Å². The molecule has 1 saturated carbocycles. The highest BCUT2D eigenvalue weighted by atomic mass is 16.5. The van der Waals surface area contributed by atoms with E-state index in [0.29, 0.717) is 12.6 Å². The van der Waals surface area contributed by atoms with Crippen molar-refractivity contribution in [2.24, 2.45) is 0 Å². The fourth-order valence-corrected chi connectivity index (χ4v) is 3.32. The average molecular weight is 321 g/mol. The second kappa shape index (κ2) is 5.56. The van der Waals surface area contributed by atoms with E-state index in [4.69, 9.17) is 14.8 Å². The van der Waals surface area contributed by atoms with Crippen molar-refractivity contribution in [3.63, 3.8) is 0 Å². The first kappa shape index (κ1) is 13.9. The minimum Gasteiger partial charge on any atom is -0.381 e. The summed E-state index contributed by atoms with van der Waals surface area (Å²) in [4.78, 5) is 9.03. The lowest BCUT2D eigenvalue weighted by molar-refractivity contribution is 0.193. The molecule has 24 heavy (non-hydrogen) atoms. The van der Waals surface area contributed by atoms with Crippen LogP contribution in [0, 0.1) is 0 Å². The third-order valence-corrected chi connectivity index (χ3v) is 4.77. The maximum absolute atomic E-state index is 5.52. The van der Waals surface area contributed by atoms with E-state index in [9.17, 15) is 0 Å². The summed E-state index contributed by atoms with van der Waals surface area (Å²) in [6.07, 6.45) is 9.21. The van der Waals surface area contributed by atoms with Crippen LogP contribution in [0.15, 0.2) is 42.9 Å². The van der Waals surface area contributed by atoms with Crippen LogP contribution in [0.1, 0.15) is 37.0 Å². The number of aromatic nitrogens is 5. The Labute approximate surface area is 140 Å². The van der Waals surface area contributed by atoms with Crippen LogP contribution in [0.3, 0.4) is 0 Å². The van der Waals surface area contributed by atoms with Crippen LogP contribution < -0.4 is 0 Å². The van der Waals surface area contributed by atoms with Crippen LogP contribution in [-0.2, 0) is 4.74 Å². The second-order valence-electron chi connectivity index (χ2n) is 6.50. The zero-order chi connectivity index (χ0) is 15.9. The molecule has 1 aliphatic carbocycles. The summed E-state index contributed by atoms with van der Waals surface area (Å²) >= 11 is 0. The van der Waals surface area contributed by atoms with Crippen LogP contribution in [0.25, 0.3) is 17.2 Å². The van der Waals surface area contributed by atoms with Gasteiger partial charge in [0.25, 0.3) is 0 Å². The van der Waals surface area contributed by atoms with Gasteiger partial charge < -0.3 is 9.30 Å². The molecule has 2 fully saturated rings. The minimum atomic E-state index is 0.288. The Morgan fingerprint density at radius 3 is 2.71 bits per heavy atom. The smallest absolute Gasteiger partial charge is 0.179 e. The van der Waals surface area contributed by atoms with E-state index in [1.807, 2.05) is 16.8 Å². The fourth-order valence-electron chi connectivity index (χ4n) is 3.32. The molecule has 3 aromatic heterocycles. The lowest BCUT2D eigenvalue weighted by atomic mass is 10.1. The number of rotatable bonds is 4. The Hall–Kier alpha value is -2.47. The van der Waals surface area contributed by atoms with E-state index in [2.05, 4.69) is 27.9 Å². The standard InChI is InChI=1S/C18H19N5O/c1-2-16(22(10-1)14-3-4-14)18-20-17(13-7-11-24-12-13)21-23(18)15-5-8-19-9-6-15/h1-2,5-6,8-10,13-14H,3-4,7,11-12H2/t13-/m1/s1. The van der Waals surface area contributed by atoms with Crippen molar-refractivity contribution in [3.05, 3.63) is 48.7 Å². The molecule has 2 aliphatic rings. The quantitative estimate of drug-likeness (QED) is 0.741. The van der Waals surface area contributed by atoms with Crippen molar-refractivity contribution in [2.45, 2.75) is 31.2 Å². The van der Waals surface area contributed by atoms with Gasteiger partial charge in [0.1, 0.15) is 0 Å². The molecule has 1 aliphatic heterocycles. The molecule has 0 amide bonds. The normalized spacial score (nSPS) is 20.6. The second-order valence-corrected chi connectivity index (χ2v) is 6.50. The van der Waals surface area contributed by atoms with E-state index < -0.39 is 0 Å². The molecule has 122 valence electrons. The summed E-state index contributed by atoms with van der Waals surface area (Å²) in [5.41, 5.74) is 2.12. The van der Waals surface area contributed by atoms with Gasteiger partial charge >= 0.3 is 0 Å². The van der Waals surface area contributed by atoms with Gasteiger partial charge in [-0.3, -0.25) is 4.98 Å². The Bertz CT molecular complexity index is 843. The van der Waals surface area contributed by atoms with Gasteiger partial charge in [0.2, 0.25) is 0 Å². The summed E-state index contributed by atoms with van der Waals surface area (Å²) in [7, 11) is 0. The molecule has 0 unspecified atom stereocenters. The molecule has 1 atom stereocenters. The zero-order valence-electron chi connectivity index (χ0n) is 13.4. The third kappa shape index (κ3) is 2.34. The van der Waals surface area contributed by atoms with Gasteiger partial charge in [-0.15, -0.1) is 0 Å². The topological polar surface area (TPSA) is 57.8 Å². The molecule has 6 heteroatoms. The Morgan fingerprint density at radius 2 is 1.96 bits per heavy atom. The molecule has 0 aromatic carbocycles. The van der Waals surface area contributed by atoms with Crippen molar-refractivity contribution < 1.29 is 4.74 Å². The van der Waals surface area contributed by atoms with E-state index in [1.165, 1.54) is 12.8 Å². The van der Waals surface area contributed by atoms with Crippen LogP contribution >= 0.6 is 0 Å². The third-order valence-electron chi connectivity index (χ3n) is 4.77. The predicted molar refractivity (Wildman–Crippen MR) is 89.0 cm³/mol. The maximum Gasteiger partial charge on any atom is 0.179 e. The molecule has 5 rings (SSSR count). The number of nitrogens with zero attached hydrogens (tertiary/aromatic N) is 5. The van der Waals surface area contributed by atoms with Crippen molar-refractivity contribution in [1.82, 2.24) is 24.3 Å². The first-order valence-corrected chi connectivity index (χ1v) is 8.52. The Balaban J connectivity index is 1.65. The Morgan fingerprint density at radius 1 is 1.08 bits per heavy atom. The molecule has 3 aromatic rings. The van der Waals surface area contributed by atoms with Gasteiger partial charge in [-0.1, -0.05) is 0 Å². The summed E-state index contributed by atoms with van der Waals surface area (Å²) in [6, 6.07) is 8.78. The lowest BCUT2D eigenvalue weighted by Crippen LogP contribution is -2.04. The highest BCUT2D eigenvalue weighted by Crippen LogP contribution is 2.39. The molecule has 6 nitrogen and oxygen atoms in total. The van der Waals surface area contributed by atoms with Crippen LogP contribution in [0.5, 0.6) is 0 Å². The zero-order valence-corrected chi connectivity index (χ0v) is 13.4. The lowest BCUT2D eigenvalue weighted by Gasteiger charge is -2.09. The molecular weight excluding hydrogens is 302 g/mol. The molecule has 0 spiro atoms. The molecular formula is C18H19N5O. The highest BCUT2D eigenvalue weighted by Gasteiger charge is 2.29.